The van der Waals surface area contributed by atoms with Gasteiger partial charge in [-0.05, 0) is 24.1 Å². The Bertz CT molecular complexity index is 287. The van der Waals surface area contributed by atoms with Gasteiger partial charge in [-0.1, -0.05) is 12.1 Å². The molecule has 3 nitrogen and oxygen atoms in total. The average Bonchev–Trinajstić information content (AvgIpc) is 2.19. The molecule has 0 spiro atoms. The van der Waals surface area contributed by atoms with Crippen molar-refractivity contribution in [3.05, 3.63) is 29.3 Å². The predicted molar refractivity (Wildman–Crippen MR) is 57.1 cm³/mol. The molecule has 0 radical (unpaired) electrons. The molecule has 0 bridgehead atoms. The number of hydrogen-bond donors (Lipinski definition) is 1. The summed E-state index contributed by atoms with van der Waals surface area (Å²) >= 11 is 0. The van der Waals surface area contributed by atoms with Crippen LogP contribution >= 0.6 is 0 Å². The number of benzene rings is 1. The number of anilines is 1. The topological polar surface area (TPSA) is 44.5 Å². The molecule has 0 saturated heterocycles. The number of rotatable bonds is 5. The van der Waals surface area contributed by atoms with Crippen molar-refractivity contribution in [3.63, 3.8) is 0 Å². The van der Waals surface area contributed by atoms with Crippen LogP contribution in [0.4, 0.5) is 5.69 Å². The molecule has 0 saturated carbocycles. The third kappa shape index (κ3) is 3.01. The van der Waals surface area contributed by atoms with Gasteiger partial charge in [-0.15, -0.1) is 0 Å². The van der Waals surface area contributed by atoms with Crippen LogP contribution in [0.2, 0.25) is 0 Å². The maximum atomic E-state index is 5.77. The largest absolute Gasteiger partial charge is 0.399 e. The van der Waals surface area contributed by atoms with E-state index in [0.29, 0.717) is 19.8 Å². The second-order valence-corrected chi connectivity index (χ2v) is 3.18. The van der Waals surface area contributed by atoms with Gasteiger partial charge in [0.05, 0.1) is 19.8 Å². The quantitative estimate of drug-likeness (QED) is 0.575. The maximum Gasteiger partial charge on any atom is 0.0721 e. The van der Waals surface area contributed by atoms with Crippen LogP contribution in [0.3, 0.4) is 0 Å². The minimum Gasteiger partial charge on any atom is -0.399 e. The molecule has 0 aliphatic rings. The molecular formula is C11H17NO2. The summed E-state index contributed by atoms with van der Waals surface area (Å²) in [5, 5.41) is 0. The maximum absolute atomic E-state index is 5.77. The van der Waals surface area contributed by atoms with E-state index in [1.54, 1.807) is 7.11 Å². The molecule has 1 rings (SSSR count). The smallest absolute Gasteiger partial charge is 0.0721 e. The summed E-state index contributed by atoms with van der Waals surface area (Å²) in [6, 6.07) is 5.86. The highest BCUT2D eigenvalue weighted by atomic mass is 16.5. The summed E-state index contributed by atoms with van der Waals surface area (Å²) < 4.78 is 10.3. The zero-order chi connectivity index (χ0) is 10.4. The molecule has 0 atom stereocenters. The molecule has 1 aromatic carbocycles. The summed E-state index contributed by atoms with van der Waals surface area (Å²) in [6.45, 7) is 3.84. The lowest BCUT2D eigenvalue weighted by Gasteiger charge is -2.08. The highest BCUT2D eigenvalue weighted by molar-refractivity contribution is 5.49. The molecule has 0 amide bonds. The second kappa shape index (κ2) is 5.62. The van der Waals surface area contributed by atoms with Crippen LogP contribution in [0.25, 0.3) is 0 Å². The summed E-state index contributed by atoms with van der Waals surface area (Å²) in [4.78, 5) is 0. The fourth-order valence-electron chi connectivity index (χ4n) is 1.18. The van der Waals surface area contributed by atoms with Crippen molar-refractivity contribution in [3.8, 4) is 0 Å². The first kappa shape index (κ1) is 11.0. The first-order valence-corrected chi connectivity index (χ1v) is 4.66. The van der Waals surface area contributed by atoms with Gasteiger partial charge in [-0.3, -0.25) is 0 Å². The van der Waals surface area contributed by atoms with Gasteiger partial charge >= 0.3 is 0 Å². The van der Waals surface area contributed by atoms with Crippen LogP contribution < -0.4 is 5.73 Å². The Balaban J connectivity index is 2.46. The number of nitrogen functional groups attached to an aromatic ring is 1. The molecule has 0 heterocycles. The minimum atomic E-state index is 0.597. The first-order chi connectivity index (χ1) is 6.75. The normalized spacial score (nSPS) is 10.4. The van der Waals surface area contributed by atoms with E-state index in [9.17, 15) is 0 Å². The van der Waals surface area contributed by atoms with Crippen LogP contribution in [0.1, 0.15) is 11.1 Å². The Morgan fingerprint density at radius 3 is 2.79 bits per heavy atom. The Morgan fingerprint density at radius 1 is 1.29 bits per heavy atom. The highest BCUT2D eigenvalue weighted by Gasteiger charge is 2.00. The van der Waals surface area contributed by atoms with Crippen molar-refractivity contribution >= 4 is 5.69 Å². The van der Waals surface area contributed by atoms with Crippen LogP contribution in [0.5, 0.6) is 0 Å². The first-order valence-electron chi connectivity index (χ1n) is 4.66. The van der Waals surface area contributed by atoms with Crippen LogP contribution in [-0.4, -0.2) is 20.3 Å². The summed E-state index contributed by atoms with van der Waals surface area (Å²) in [6.07, 6.45) is 0. The van der Waals surface area contributed by atoms with Gasteiger partial charge in [0, 0.05) is 12.8 Å². The van der Waals surface area contributed by atoms with Crippen molar-refractivity contribution in [2.24, 2.45) is 0 Å². The standard InChI is InChI=1S/C11H17NO2/c1-9-10(4-3-5-11(9)12)8-14-7-6-13-2/h3-5H,6-8,12H2,1-2H3. The molecule has 0 fully saturated rings. The number of ether oxygens (including phenoxy) is 2. The average molecular weight is 195 g/mol. The van der Waals surface area contributed by atoms with Crippen LogP contribution in [0.15, 0.2) is 18.2 Å². The van der Waals surface area contributed by atoms with E-state index in [1.807, 2.05) is 25.1 Å². The van der Waals surface area contributed by atoms with Gasteiger partial charge < -0.3 is 15.2 Å². The van der Waals surface area contributed by atoms with Gasteiger partial charge in [-0.2, -0.15) is 0 Å². The third-order valence-corrected chi connectivity index (χ3v) is 2.18. The lowest BCUT2D eigenvalue weighted by molar-refractivity contribution is 0.0615. The van der Waals surface area contributed by atoms with Crippen molar-refractivity contribution in [2.45, 2.75) is 13.5 Å². The Morgan fingerprint density at radius 2 is 2.07 bits per heavy atom. The molecule has 1 aromatic rings. The third-order valence-electron chi connectivity index (χ3n) is 2.18. The zero-order valence-corrected chi connectivity index (χ0v) is 8.75. The van der Waals surface area contributed by atoms with Crippen LogP contribution in [0, 0.1) is 6.92 Å². The monoisotopic (exact) mass is 195 g/mol. The van der Waals surface area contributed by atoms with E-state index in [2.05, 4.69) is 0 Å². The molecule has 3 heteroatoms. The van der Waals surface area contributed by atoms with E-state index in [4.69, 9.17) is 15.2 Å². The molecule has 0 aliphatic carbocycles. The number of nitrogens with two attached hydrogens (primary N) is 1. The highest BCUT2D eigenvalue weighted by Crippen LogP contribution is 2.15. The molecular weight excluding hydrogens is 178 g/mol. The second-order valence-electron chi connectivity index (χ2n) is 3.18. The van der Waals surface area contributed by atoms with Gasteiger partial charge in [0.1, 0.15) is 0 Å². The lowest BCUT2D eigenvalue weighted by atomic mass is 10.1. The van der Waals surface area contributed by atoms with E-state index in [1.165, 1.54) is 0 Å². The van der Waals surface area contributed by atoms with E-state index in [-0.39, 0.29) is 0 Å². The van der Waals surface area contributed by atoms with E-state index in [0.717, 1.165) is 16.8 Å². The number of methoxy groups -OCH3 is 1. The molecule has 0 unspecified atom stereocenters. The Labute approximate surface area is 84.8 Å². The Hall–Kier alpha value is -1.06. The van der Waals surface area contributed by atoms with Gasteiger partial charge in [0.2, 0.25) is 0 Å². The molecule has 0 aromatic heterocycles. The summed E-state index contributed by atoms with van der Waals surface area (Å²) in [5.74, 6) is 0. The van der Waals surface area contributed by atoms with Crippen LogP contribution in [-0.2, 0) is 16.1 Å². The molecule has 2 N–H and O–H groups in total. The van der Waals surface area contributed by atoms with Gasteiger partial charge in [-0.25, -0.2) is 0 Å². The van der Waals surface area contributed by atoms with Gasteiger partial charge in [0.15, 0.2) is 0 Å². The fraction of sp³-hybridized carbons (Fsp3) is 0.455. The summed E-state index contributed by atoms with van der Waals surface area (Å²) in [7, 11) is 1.66. The van der Waals surface area contributed by atoms with Crippen molar-refractivity contribution < 1.29 is 9.47 Å². The van der Waals surface area contributed by atoms with Crippen molar-refractivity contribution in [2.75, 3.05) is 26.1 Å². The number of hydrogen-bond acceptors (Lipinski definition) is 3. The molecule has 78 valence electrons. The van der Waals surface area contributed by atoms with E-state index < -0.39 is 0 Å². The molecule has 14 heavy (non-hydrogen) atoms. The molecule has 0 aliphatic heterocycles. The van der Waals surface area contributed by atoms with Crippen molar-refractivity contribution in [1.82, 2.24) is 0 Å². The zero-order valence-electron chi connectivity index (χ0n) is 8.75. The predicted octanol–water partition coefficient (Wildman–Crippen LogP) is 1.74. The summed E-state index contributed by atoms with van der Waals surface area (Å²) in [5.41, 5.74) is 8.83. The van der Waals surface area contributed by atoms with Gasteiger partial charge in [0.25, 0.3) is 0 Å². The Kier molecular flexibility index (Phi) is 4.43. The van der Waals surface area contributed by atoms with E-state index >= 15 is 0 Å². The lowest BCUT2D eigenvalue weighted by Crippen LogP contribution is -2.03. The van der Waals surface area contributed by atoms with Crippen molar-refractivity contribution in [1.29, 1.82) is 0 Å². The minimum absolute atomic E-state index is 0.597. The fourth-order valence-corrected chi connectivity index (χ4v) is 1.18. The SMILES string of the molecule is COCCOCc1cccc(N)c1C.